The summed E-state index contributed by atoms with van der Waals surface area (Å²) in [6.45, 7) is 3.95. The molecule has 0 spiro atoms. The number of rotatable bonds is 2. The Morgan fingerprint density at radius 3 is 2.47 bits per heavy atom. The molecule has 100 valence electrons. The maximum Gasteiger partial charge on any atom is 0.128 e. The van der Waals surface area contributed by atoms with Crippen molar-refractivity contribution in [2.75, 3.05) is 33.2 Å². The largest absolute Gasteiger partial charge is 0.335 e. The molecule has 1 N–H and O–H groups in total. The molecule has 1 aliphatic heterocycles. The fraction of sp³-hybridized carbons (Fsp3) is 0.333. The molecule has 4 heteroatoms. The van der Waals surface area contributed by atoms with Gasteiger partial charge in [-0.2, -0.15) is 0 Å². The Kier molecular flexibility index (Phi) is 3.64. The molecule has 0 unspecified atom stereocenters. The number of piperazine rings is 1. The van der Waals surface area contributed by atoms with E-state index in [1.54, 1.807) is 0 Å². The molecule has 3 nitrogen and oxygen atoms in total. The number of quaternary nitrogens is 1. The molecular formula is C15H19N2OS+. The third kappa shape index (κ3) is 2.71. The Hall–Kier alpha value is -1.23. The average Bonchev–Trinajstić information content (AvgIpc) is 2.47. The predicted molar refractivity (Wildman–Crippen MR) is 78.6 cm³/mol. The maximum atomic E-state index is 12.6. The molecule has 0 radical (unpaired) electrons. The zero-order valence-electron chi connectivity index (χ0n) is 11.1. The fourth-order valence-electron chi connectivity index (χ4n) is 2.46. The van der Waals surface area contributed by atoms with Crippen LogP contribution in [0.2, 0.25) is 0 Å². The van der Waals surface area contributed by atoms with Crippen LogP contribution >= 0.6 is 0 Å². The van der Waals surface area contributed by atoms with Gasteiger partial charge in [0.2, 0.25) is 0 Å². The zero-order chi connectivity index (χ0) is 13.2. The average molecular weight is 275 g/mol. The summed E-state index contributed by atoms with van der Waals surface area (Å²) in [5.74, 6) is 0. The summed E-state index contributed by atoms with van der Waals surface area (Å²) in [6.07, 6.45) is 0. The van der Waals surface area contributed by atoms with Crippen LogP contribution in [0.1, 0.15) is 0 Å². The lowest BCUT2D eigenvalue weighted by molar-refractivity contribution is -0.883. The van der Waals surface area contributed by atoms with Gasteiger partial charge < -0.3 is 4.90 Å². The normalized spacial score (nSPS) is 19.6. The molecule has 1 fully saturated rings. The topological polar surface area (TPSA) is 24.8 Å². The van der Waals surface area contributed by atoms with Crippen LogP contribution in [-0.2, 0) is 11.0 Å². The van der Waals surface area contributed by atoms with Crippen LogP contribution in [0.25, 0.3) is 10.8 Å². The minimum atomic E-state index is -1.02. The van der Waals surface area contributed by atoms with E-state index in [0.29, 0.717) is 0 Å². The first kappa shape index (κ1) is 12.8. The summed E-state index contributed by atoms with van der Waals surface area (Å²) in [5, 5.41) is 2.36. The number of nitrogens with one attached hydrogen (secondary N) is 1. The number of likely N-dealkylation sites (N-methyl/N-ethyl adjacent to an activating group) is 1. The lowest BCUT2D eigenvalue weighted by Gasteiger charge is -2.28. The van der Waals surface area contributed by atoms with E-state index in [2.05, 4.69) is 35.6 Å². The van der Waals surface area contributed by atoms with E-state index in [4.69, 9.17) is 0 Å². The van der Waals surface area contributed by atoms with E-state index in [1.807, 2.05) is 18.2 Å². The molecular weight excluding hydrogens is 256 g/mol. The van der Waals surface area contributed by atoms with E-state index < -0.39 is 11.0 Å². The number of fused-ring (bicyclic) bond motifs is 1. The van der Waals surface area contributed by atoms with Crippen LogP contribution in [0.5, 0.6) is 0 Å². The van der Waals surface area contributed by atoms with Crippen LogP contribution in [0.3, 0.4) is 0 Å². The lowest BCUT2D eigenvalue weighted by Crippen LogP contribution is -3.11. The van der Waals surface area contributed by atoms with Crippen LogP contribution in [0.15, 0.2) is 47.4 Å². The number of benzene rings is 2. The van der Waals surface area contributed by atoms with Crippen LogP contribution in [0, 0.1) is 0 Å². The molecule has 0 bridgehead atoms. The Morgan fingerprint density at radius 1 is 1.05 bits per heavy atom. The first-order valence-electron chi connectivity index (χ1n) is 6.71. The first-order chi connectivity index (χ1) is 9.24. The first-order valence-corrected chi connectivity index (χ1v) is 7.82. The summed E-state index contributed by atoms with van der Waals surface area (Å²) >= 11 is 0. The summed E-state index contributed by atoms with van der Waals surface area (Å²) in [4.78, 5) is 2.44. The highest BCUT2D eigenvalue weighted by Gasteiger charge is 2.22. The minimum Gasteiger partial charge on any atom is -0.335 e. The Labute approximate surface area is 116 Å². The molecule has 1 aliphatic rings. The standard InChI is InChI=1S/C15H18N2OS/c1-16-8-10-17(11-9-16)19(18)15-7-6-13-4-2-3-5-14(13)12-15/h2-7,12H,8-11H2,1H3/p+1/t19-/m0/s1. The van der Waals surface area contributed by atoms with Gasteiger partial charge in [0, 0.05) is 0 Å². The second kappa shape index (κ2) is 5.41. The van der Waals surface area contributed by atoms with E-state index in [-0.39, 0.29) is 0 Å². The number of hydrogen-bond donors (Lipinski definition) is 1. The number of hydrogen-bond acceptors (Lipinski definition) is 1. The lowest BCUT2D eigenvalue weighted by atomic mass is 10.1. The monoisotopic (exact) mass is 275 g/mol. The predicted octanol–water partition coefficient (Wildman–Crippen LogP) is 0.693. The van der Waals surface area contributed by atoms with Crippen molar-refractivity contribution in [3.63, 3.8) is 0 Å². The SMILES string of the molecule is C[NH+]1CCN([S@@](=O)c2ccc3ccccc3c2)CC1. The molecule has 0 amide bonds. The van der Waals surface area contributed by atoms with Gasteiger partial charge in [-0.3, -0.25) is 0 Å². The van der Waals surface area contributed by atoms with E-state index in [9.17, 15) is 4.21 Å². The minimum absolute atomic E-state index is 0.908. The van der Waals surface area contributed by atoms with Crippen LogP contribution in [0.4, 0.5) is 0 Å². The second-order valence-electron chi connectivity index (χ2n) is 5.14. The molecule has 2 aromatic carbocycles. The summed E-state index contributed by atoms with van der Waals surface area (Å²) < 4.78 is 14.7. The Morgan fingerprint density at radius 2 is 1.74 bits per heavy atom. The van der Waals surface area contributed by atoms with E-state index >= 15 is 0 Å². The van der Waals surface area contributed by atoms with Gasteiger partial charge in [0.1, 0.15) is 11.0 Å². The second-order valence-corrected chi connectivity index (χ2v) is 6.63. The third-order valence-corrected chi connectivity index (χ3v) is 5.22. The Balaban J connectivity index is 1.85. The highest BCUT2D eigenvalue weighted by molar-refractivity contribution is 7.82. The smallest absolute Gasteiger partial charge is 0.128 e. The molecule has 0 saturated carbocycles. The van der Waals surface area contributed by atoms with Gasteiger partial charge in [-0.05, 0) is 22.9 Å². The molecule has 0 aliphatic carbocycles. The molecule has 1 saturated heterocycles. The zero-order valence-corrected chi connectivity index (χ0v) is 12.0. The van der Waals surface area contributed by atoms with Crippen molar-refractivity contribution >= 4 is 21.8 Å². The Bertz CT molecular complexity index is 606. The summed E-state index contributed by atoms with van der Waals surface area (Å²) in [7, 11) is 1.17. The molecule has 2 aromatic rings. The molecule has 3 rings (SSSR count). The van der Waals surface area contributed by atoms with Gasteiger partial charge in [0.25, 0.3) is 0 Å². The van der Waals surface area contributed by atoms with Crippen molar-refractivity contribution in [2.24, 2.45) is 0 Å². The highest BCUT2D eigenvalue weighted by Crippen LogP contribution is 2.19. The molecule has 0 aromatic heterocycles. The van der Waals surface area contributed by atoms with Gasteiger partial charge in [0.15, 0.2) is 0 Å². The van der Waals surface area contributed by atoms with E-state index in [0.717, 1.165) is 36.5 Å². The number of nitrogens with zero attached hydrogens (tertiary/aromatic N) is 1. The van der Waals surface area contributed by atoms with Gasteiger partial charge in [-0.15, -0.1) is 0 Å². The van der Waals surface area contributed by atoms with Crippen molar-refractivity contribution < 1.29 is 9.11 Å². The van der Waals surface area contributed by atoms with Gasteiger partial charge >= 0.3 is 0 Å². The van der Waals surface area contributed by atoms with Gasteiger partial charge in [-0.25, -0.2) is 8.51 Å². The fourth-order valence-corrected chi connectivity index (χ4v) is 3.68. The van der Waals surface area contributed by atoms with Crippen LogP contribution in [-0.4, -0.2) is 41.7 Å². The van der Waals surface area contributed by atoms with Crippen LogP contribution < -0.4 is 4.90 Å². The van der Waals surface area contributed by atoms with Crippen molar-refractivity contribution in [3.05, 3.63) is 42.5 Å². The van der Waals surface area contributed by atoms with Crippen molar-refractivity contribution in [3.8, 4) is 0 Å². The van der Waals surface area contributed by atoms with Gasteiger partial charge in [0.05, 0.1) is 38.1 Å². The third-order valence-electron chi connectivity index (χ3n) is 3.73. The van der Waals surface area contributed by atoms with Crippen molar-refractivity contribution in [1.29, 1.82) is 0 Å². The quantitative estimate of drug-likeness (QED) is 0.857. The molecule has 1 atom stereocenters. The highest BCUT2D eigenvalue weighted by atomic mass is 32.2. The molecule has 19 heavy (non-hydrogen) atoms. The maximum absolute atomic E-state index is 12.6. The summed E-state index contributed by atoms with van der Waals surface area (Å²) in [5.41, 5.74) is 0. The van der Waals surface area contributed by atoms with E-state index in [1.165, 1.54) is 10.3 Å². The summed E-state index contributed by atoms with van der Waals surface area (Å²) in [6, 6.07) is 14.3. The van der Waals surface area contributed by atoms with Crippen molar-refractivity contribution in [2.45, 2.75) is 4.90 Å². The van der Waals surface area contributed by atoms with Gasteiger partial charge in [-0.1, -0.05) is 30.3 Å². The van der Waals surface area contributed by atoms with Crippen molar-refractivity contribution in [1.82, 2.24) is 4.31 Å². The molecule has 1 heterocycles.